The zero-order chi connectivity index (χ0) is 28.6. The molecule has 0 radical (unpaired) electrons. The number of unbranched alkanes of at least 4 members (excludes halogenated alkanes) is 1. The zero-order valence-electron chi connectivity index (χ0n) is 23.3. The van der Waals surface area contributed by atoms with Crippen molar-refractivity contribution < 1.29 is 32.6 Å². The zero-order valence-corrected chi connectivity index (χ0v) is 23.3. The Morgan fingerprint density at radius 2 is 1.82 bits per heavy atom. The molecule has 1 aliphatic rings. The molecule has 1 amide bonds. The second kappa shape index (κ2) is 17.6. The molecule has 0 unspecified atom stereocenters. The number of amides is 1. The highest BCUT2D eigenvalue weighted by Gasteiger charge is 2.23. The molecule has 1 aromatic heterocycles. The Kier molecular flexibility index (Phi) is 13.8. The van der Waals surface area contributed by atoms with Gasteiger partial charge in [-0.05, 0) is 75.1 Å². The molecule has 0 aliphatic heterocycles. The van der Waals surface area contributed by atoms with E-state index >= 15 is 0 Å². The average Bonchev–Trinajstić information content (AvgIpc) is 2.97. The average molecular weight is 562 g/mol. The third-order valence-electron chi connectivity index (χ3n) is 6.91. The number of pyridine rings is 1. The SMILES string of the molecule is COC(=O)[C@H](CCN(CCCCc1ccc2c(n1)CCCC2)CCOCC(F)F)NC(=O)OCc1ccccc1. The van der Waals surface area contributed by atoms with Gasteiger partial charge >= 0.3 is 12.1 Å². The molecule has 220 valence electrons. The summed E-state index contributed by atoms with van der Waals surface area (Å²) in [5, 5.41) is 2.59. The van der Waals surface area contributed by atoms with Gasteiger partial charge in [-0.1, -0.05) is 36.4 Å². The van der Waals surface area contributed by atoms with Crippen LogP contribution in [0.5, 0.6) is 0 Å². The van der Waals surface area contributed by atoms with E-state index in [1.54, 1.807) is 0 Å². The molecule has 8 nitrogen and oxygen atoms in total. The summed E-state index contributed by atoms with van der Waals surface area (Å²) in [4.78, 5) is 31.6. The largest absolute Gasteiger partial charge is 0.467 e. The van der Waals surface area contributed by atoms with Gasteiger partial charge in [-0.15, -0.1) is 0 Å². The minimum Gasteiger partial charge on any atom is -0.467 e. The first-order chi connectivity index (χ1) is 19.4. The number of fused-ring (bicyclic) bond motifs is 1. The van der Waals surface area contributed by atoms with Crippen LogP contribution in [0.25, 0.3) is 0 Å². The molecule has 1 heterocycles. The Bertz CT molecular complexity index is 1040. The lowest BCUT2D eigenvalue weighted by atomic mass is 9.95. The topological polar surface area (TPSA) is 90.0 Å². The predicted molar refractivity (Wildman–Crippen MR) is 147 cm³/mol. The van der Waals surface area contributed by atoms with Gasteiger partial charge in [0.1, 0.15) is 19.3 Å². The van der Waals surface area contributed by atoms with Gasteiger partial charge in [0.2, 0.25) is 0 Å². The van der Waals surface area contributed by atoms with Gasteiger partial charge in [0.25, 0.3) is 6.43 Å². The third kappa shape index (κ3) is 11.6. The predicted octanol–water partition coefficient (Wildman–Crippen LogP) is 4.72. The summed E-state index contributed by atoms with van der Waals surface area (Å²) in [6.07, 6.45) is 4.26. The maximum atomic E-state index is 12.5. The Balaban J connectivity index is 1.48. The van der Waals surface area contributed by atoms with Gasteiger partial charge in [-0.25, -0.2) is 18.4 Å². The molecule has 1 atom stereocenters. The van der Waals surface area contributed by atoms with Crippen LogP contribution >= 0.6 is 0 Å². The van der Waals surface area contributed by atoms with Crippen molar-refractivity contribution in [2.45, 2.75) is 70.4 Å². The number of benzene rings is 1. The highest BCUT2D eigenvalue weighted by molar-refractivity contribution is 5.81. The number of methoxy groups -OCH3 is 1. The number of rotatable bonds is 17. The van der Waals surface area contributed by atoms with Crippen LogP contribution in [0.3, 0.4) is 0 Å². The normalized spacial score (nSPS) is 13.6. The molecule has 0 saturated carbocycles. The number of carbonyl (C=O) groups is 2. The fourth-order valence-electron chi connectivity index (χ4n) is 4.72. The summed E-state index contributed by atoms with van der Waals surface area (Å²) in [5.41, 5.74) is 4.51. The molecule has 1 aromatic carbocycles. The summed E-state index contributed by atoms with van der Waals surface area (Å²) >= 11 is 0. The maximum absolute atomic E-state index is 12.5. The van der Waals surface area contributed by atoms with Crippen molar-refractivity contribution in [1.29, 1.82) is 0 Å². The minimum absolute atomic E-state index is 0.0766. The van der Waals surface area contributed by atoms with E-state index in [9.17, 15) is 18.4 Å². The van der Waals surface area contributed by atoms with Crippen molar-refractivity contribution in [2.75, 3.05) is 40.0 Å². The Morgan fingerprint density at radius 1 is 1.02 bits per heavy atom. The molecular weight excluding hydrogens is 520 g/mol. The molecule has 0 saturated heterocycles. The van der Waals surface area contributed by atoms with Gasteiger partial charge in [0.05, 0.1) is 13.7 Å². The lowest BCUT2D eigenvalue weighted by Crippen LogP contribution is -2.44. The number of hydrogen-bond acceptors (Lipinski definition) is 7. The van der Waals surface area contributed by atoms with E-state index in [4.69, 9.17) is 19.2 Å². The molecule has 0 bridgehead atoms. The monoisotopic (exact) mass is 561 g/mol. The first-order valence-electron chi connectivity index (χ1n) is 14.1. The van der Waals surface area contributed by atoms with E-state index < -0.39 is 31.1 Å². The lowest BCUT2D eigenvalue weighted by molar-refractivity contribution is -0.143. The van der Waals surface area contributed by atoms with Crippen molar-refractivity contribution in [3.8, 4) is 0 Å². The molecule has 0 fully saturated rings. The second-order valence-corrected chi connectivity index (χ2v) is 9.95. The van der Waals surface area contributed by atoms with Gasteiger partial charge in [-0.3, -0.25) is 4.98 Å². The van der Waals surface area contributed by atoms with Crippen LogP contribution < -0.4 is 5.32 Å². The summed E-state index contributed by atoms with van der Waals surface area (Å²) in [6.45, 7) is 1.16. The molecule has 2 aromatic rings. The van der Waals surface area contributed by atoms with Gasteiger partial charge < -0.3 is 24.4 Å². The number of hydrogen-bond donors (Lipinski definition) is 1. The number of alkyl halides is 2. The number of nitrogens with zero attached hydrogens (tertiary/aromatic N) is 2. The number of alkyl carbamates (subject to hydrolysis) is 1. The van der Waals surface area contributed by atoms with E-state index in [1.807, 2.05) is 30.3 Å². The van der Waals surface area contributed by atoms with Crippen molar-refractivity contribution >= 4 is 12.1 Å². The highest BCUT2D eigenvalue weighted by Crippen LogP contribution is 2.20. The maximum Gasteiger partial charge on any atom is 0.408 e. The van der Waals surface area contributed by atoms with Crippen LogP contribution in [-0.4, -0.2) is 74.4 Å². The van der Waals surface area contributed by atoms with Crippen LogP contribution in [0.15, 0.2) is 42.5 Å². The third-order valence-corrected chi connectivity index (χ3v) is 6.91. The van der Waals surface area contributed by atoms with Crippen LogP contribution in [0.2, 0.25) is 0 Å². The number of aromatic nitrogens is 1. The van der Waals surface area contributed by atoms with E-state index in [0.29, 0.717) is 19.6 Å². The Morgan fingerprint density at radius 3 is 2.60 bits per heavy atom. The number of halogens is 2. The van der Waals surface area contributed by atoms with Gasteiger partial charge in [0, 0.05) is 24.5 Å². The molecule has 10 heteroatoms. The first kappa shape index (κ1) is 31.4. The summed E-state index contributed by atoms with van der Waals surface area (Å²) < 4.78 is 40.2. The molecule has 40 heavy (non-hydrogen) atoms. The number of nitrogens with one attached hydrogen (secondary N) is 1. The van der Waals surface area contributed by atoms with Crippen LogP contribution in [0.1, 0.15) is 54.6 Å². The van der Waals surface area contributed by atoms with Crippen LogP contribution in [-0.2, 0) is 44.9 Å². The summed E-state index contributed by atoms with van der Waals surface area (Å²) in [6, 6.07) is 12.6. The number of esters is 1. The summed E-state index contributed by atoms with van der Waals surface area (Å²) in [5.74, 6) is -0.580. The van der Waals surface area contributed by atoms with E-state index in [0.717, 1.165) is 43.4 Å². The van der Waals surface area contributed by atoms with E-state index in [2.05, 4.69) is 22.3 Å². The minimum atomic E-state index is -2.52. The lowest BCUT2D eigenvalue weighted by Gasteiger charge is -2.25. The van der Waals surface area contributed by atoms with Gasteiger partial charge in [0.15, 0.2) is 0 Å². The van der Waals surface area contributed by atoms with Crippen molar-refractivity contribution in [1.82, 2.24) is 15.2 Å². The van der Waals surface area contributed by atoms with Crippen molar-refractivity contribution in [2.24, 2.45) is 0 Å². The molecule has 0 spiro atoms. The fraction of sp³-hybridized carbons (Fsp3) is 0.567. The quantitative estimate of drug-likeness (QED) is 0.221. The molecular formula is C30H41F2N3O5. The second-order valence-electron chi connectivity index (χ2n) is 9.95. The first-order valence-corrected chi connectivity index (χ1v) is 14.1. The number of ether oxygens (including phenoxy) is 3. The molecule has 3 rings (SSSR count). The fourth-order valence-corrected chi connectivity index (χ4v) is 4.72. The number of carbonyl (C=O) groups excluding carboxylic acids is 2. The van der Waals surface area contributed by atoms with Crippen LogP contribution in [0.4, 0.5) is 13.6 Å². The number of aryl methyl sites for hydroxylation is 3. The smallest absolute Gasteiger partial charge is 0.408 e. The van der Waals surface area contributed by atoms with Crippen molar-refractivity contribution in [3.63, 3.8) is 0 Å². The molecule has 1 aliphatic carbocycles. The Hall–Kier alpha value is -3.11. The highest BCUT2D eigenvalue weighted by atomic mass is 19.3. The summed E-state index contributed by atoms with van der Waals surface area (Å²) in [7, 11) is 1.26. The van der Waals surface area contributed by atoms with Gasteiger partial charge in [-0.2, -0.15) is 0 Å². The Labute approximate surface area is 235 Å². The molecule has 1 N–H and O–H groups in total. The van der Waals surface area contributed by atoms with Crippen LogP contribution in [0, 0.1) is 0 Å². The van der Waals surface area contributed by atoms with Crippen molar-refractivity contribution in [3.05, 3.63) is 65.0 Å². The van der Waals surface area contributed by atoms with E-state index in [1.165, 1.54) is 31.2 Å². The standard InChI is InChI=1S/C30H41F2N3O5/c1-38-29(36)27(34-30(37)40-21-23-9-3-2-4-10-23)16-18-35(19-20-39-22-28(31)32)17-8-7-12-25-15-14-24-11-5-6-13-26(24)33-25/h2-4,9-10,14-15,27-28H,5-8,11-13,16-22H2,1H3,(H,34,37)/t27-/m0/s1. The van der Waals surface area contributed by atoms with E-state index in [-0.39, 0.29) is 19.6 Å².